The second kappa shape index (κ2) is 5.47. The van der Waals surface area contributed by atoms with Crippen LogP contribution in [0, 0.1) is 19.7 Å². The number of carbonyl (C=O) groups excluding carboxylic acids is 2. The molecule has 0 spiro atoms. The summed E-state index contributed by atoms with van der Waals surface area (Å²) in [5, 5.41) is 9.57. The molecule has 2 aromatic rings. The number of imide groups is 1. The van der Waals surface area contributed by atoms with Gasteiger partial charge in [-0.3, -0.25) is 9.59 Å². The van der Waals surface area contributed by atoms with E-state index in [0.717, 1.165) is 21.7 Å². The molecule has 0 radical (unpaired) electrons. The number of halogens is 1. The van der Waals surface area contributed by atoms with E-state index in [0.29, 0.717) is 5.69 Å². The highest BCUT2D eigenvalue weighted by atomic mass is 19.1. The van der Waals surface area contributed by atoms with Gasteiger partial charge in [0.2, 0.25) is 0 Å². The van der Waals surface area contributed by atoms with Crippen molar-refractivity contribution in [2.75, 3.05) is 9.91 Å². The van der Waals surface area contributed by atoms with Crippen LogP contribution in [0.1, 0.15) is 11.1 Å². The number of carbonyl (C=O) groups is 2. The summed E-state index contributed by atoms with van der Waals surface area (Å²) in [6, 6.07) is 9.33. The molecule has 2 heterocycles. The number of hydrogen-bond donors (Lipinski definition) is 0. The smallest absolute Gasteiger partial charge is 0.263 e. The third-order valence-electron chi connectivity index (χ3n) is 4.47. The lowest BCUT2D eigenvalue weighted by Gasteiger charge is -2.22. The van der Waals surface area contributed by atoms with Crippen LogP contribution >= 0.6 is 0 Å². The third-order valence-corrected chi connectivity index (χ3v) is 4.47. The molecule has 6 nitrogen and oxygen atoms in total. The molecule has 2 aliphatic heterocycles. The van der Waals surface area contributed by atoms with E-state index in [-0.39, 0.29) is 0 Å². The largest absolute Gasteiger partial charge is 0.271 e. The van der Waals surface area contributed by atoms with Crippen LogP contribution in [-0.2, 0) is 9.59 Å². The summed E-state index contributed by atoms with van der Waals surface area (Å²) < 4.78 is 13.1. The summed E-state index contributed by atoms with van der Waals surface area (Å²) >= 11 is 0. The number of aryl methyl sites for hydroxylation is 2. The SMILES string of the molecule is Cc1ccc(N2N=N[C@@H]3C(=O)N(c4ccc(F)cc4)C(=O)[C@@H]32)c(C)c1. The lowest BCUT2D eigenvalue weighted by Crippen LogP contribution is -2.40. The van der Waals surface area contributed by atoms with Gasteiger partial charge in [-0.1, -0.05) is 22.9 Å². The van der Waals surface area contributed by atoms with Crippen molar-refractivity contribution in [3.05, 3.63) is 59.4 Å². The topological polar surface area (TPSA) is 65.3 Å². The highest BCUT2D eigenvalue weighted by Gasteiger charge is 2.55. The predicted octanol–water partition coefficient (Wildman–Crippen LogP) is 2.94. The number of hydrogen-bond acceptors (Lipinski definition) is 5. The Labute approximate surface area is 143 Å². The molecular weight excluding hydrogens is 323 g/mol. The highest BCUT2D eigenvalue weighted by molar-refractivity contribution is 6.26. The average molecular weight is 338 g/mol. The Morgan fingerprint density at radius 2 is 1.72 bits per heavy atom. The standard InChI is InChI=1S/C18H15FN4O2/c1-10-3-8-14(11(2)9-10)23-16-15(20-21-23)17(24)22(18(16)25)13-6-4-12(19)5-7-13/h3-9,15-16H,1-2H3/t15-,16+/m0/s1. The van der Waals surface area contributed by atoms with Crippen molar-refractivity contribution in [2.24, 2.45) is 10.3 Å². The van der Waals surface area contributed by atoms with Crippen LogP contribution < -0.4 is 9.91 Å². The van der Waals surface area contributed by atoms with Crippen LogP contribution in [0.15, 0.2) is 52.8 Å². The van der Waals surface area contributed by atoms with Crippen LogP contribution in [0.5, 0.6) is 0 Å². The van der Waals surface area contributed by atoms with Crippen LogP contribution in [-0.4, -0.2) is 23.9 Å². The molecule has 2 amide bonds. The summed E-state index contributed by atoms with van der Waals surface area (Å²) in [5.41, 5.74) is 3.11. The average Bonchev–Trinajstić information content (AvgIpc) is 3.10. The number of fused-ring (bicyclic) bond motifs is 1. The molecule has 2 atom stereocenters. The van der Waals surface area contributed by atoms with Crippen LogP contribution in [0.4, 0.5) is 15.8 Å². The molecule has 0 bridgehead atoms. The van der Waals surface area contributed by atoms with Crippen molar-refractivity contribution in [1.29, 1.82) is 0 Å². The van der Waals surface area contributed by atoms with Gasteiger partial charge in [0.05, 0.1) is 11.4 Å². The molecule has 2 aromatic carbocycles. The fourth-order valence-corrected chi connectivity index (χ4v) is 3.27. The minimum atomic E-state index is -0.877. The maximum Gasteiger partial charge on any atom is 0.263 e. The van der Waals surface area contributed by atoms with Gasteiger partial charge >= 0.3 is 0 Å². The third kappa shape index (κ3) is 2.31. The summed E-state index contributed by atoms with van der Waals surface area (Å²) in [6.07, 6.45) is 0. The molecule has 25 heavy (non-hydrogen) atoms. The van der Waals surface area contributed by atoms with Gasteiger partial charge in [0.15, 0.2) is 12.1 Å². The van der Waals surface area contributed by atoms with Gasteiger partial charge in [-0.05, 0) is 49.7 Å². The first-order chi connectivity index (χ1) is 12.0. The van der Waals surface area contributed by atoms with Crippen molar-refractivity contribution in [1.82, 2.24) is 0 Å². The van der Waals surface area contributed by atoms with Gasteiger partial charge in [-0.2, -0.15) is 5.11 Å². The highest BCUT2D eigenvalue weighted by Crippen LogP contribution is 2.36. The monoisotopic (exact) mass is 338 g/mol. The second-order valence-corrected chi connectivity index (χ2v) is 6.22. The maximum absolute atomic E-state index is 13.1. The summed E-state index contributed by atoms with van der Waals surface area (Å²) in [6.45, 7) is 3.90. The first kappa shape index (κ1) is 15.4. The fourth-order valence-electron chi connectivity index (χ4n) is 3.27. The molecule has 0 unspecified atom stereocenters. The number of anilines is 2. The van der Waals surface area contributed by atoms with Crippen molar-refractivity contribution in [3.63, 3.8) is 0 Å². The Kier molecular flexibility index (Phi) is 3.38. The molecule has 7 heteroatoms. The van der Waals surface area contributed by atoms with E-state index in [1.807, 2.05) is 32.0 Å². The molecule has 2 aliphatic rings. The molecule has 1 fully saturated rings. The van der Waals surface area contributed by atoms with Gasteiger partial charge in [-0.15, -0.1) is 0 Å². The summed E-state index contributed by atoms with van der Waals surface area (Å²) in [4.78, 5) is 26.6. The number of rotatable bonds is 2. The van der Waals surface area contributed by atoms with E-state index in [1.165, 1.54) is 29.3 Å². The van der Waals surface area contributed by atoms with Crippen LogP contribution in [0.2, 0.25) is 0 Å². The lowest BCUT2D eigenvalue weighted by molar-refractivity contribution is -0.121. The zero-order valence-corrected chi connectivity index (χ0v) is 13.7. The normalized spacial score (nSPS) is 22.0. The van der Waals surface area contributed by atoms with Crippen molar-refractivity contribution in [2.45, 2.75) is 25.9 Å². The van der Waals surface area contributed by atoms with Crippen molar-refractivity contribution >= 4 is 23.2 Å². The minimum absolute atomic E-state index is 0.335. The maximum atomic E-state index is 13.1. The number of nitrogens with zero attached hydrogens (tertiary/aromatic N) is 4. The summed E-state index contributed by atoms with van der Waals surface area (Å²) in [7, 11) is 0. The van der Waals surface area contributed by atoms with Gasteiger partial charge < -0.3 is 0 Å². The predicted molar refractivity (Wildman–Crippen MR) is 89.7 cm³/mol. The van der Waals surface area contributed by atoms with Gasteiger partial charge in [0.25, 0.3) is 11.8 Å². The lowest BCUT2D eigenvalue weighted by atomic mass is 10.1. The van der Waals surface area contributed by atoms with Crippen LogP contribution in [0.25, 0.3) is 0 Å². The Morgan fingerprint density at radius 1 is 1.00 bits per heavy atom. The Hall–Kier alpha value is -3.09. The molecule has 4 rings (SSSR count). The fraction of sp³-hybridized carbons (Fsp3) is 0.222. The zero-order valence-electron chi connectivity index (χ0n) is 13.7. The molecule has 126 valence electrons. The van der Waals surface area contributed by atoms with E-state index < -0.39 is 29.7 Å². The molecule has 0 aromatic heterocycles. The molecular formula is C18H15FN4O2. The Balaban J connectivity index is 1.71. The quantitative estimate of drug-likeness (QED) is 0.791. The Morgan fingerprint density at radius 3 is 2.40 bits per heavy atom. The second-order valence-electron chi connectivity index (χ2n) is 6.22. The number of amides is 2. The molecule has 0 aliphatic carbocycles. The van der Waals surface area contributed by atoms with Crippen molar-refractivity contribution < 1.29 is 14.0 Å². The van der Waals surface area contributed by atoms with Gasteiger partial charge in [-0.25, -0.2) is 14.3 Å². The van der Waals surface area contributed by atoms with Crippen LogP contribution in [0.3, 0.4) is 0 Å². The molecule has 1 saturated heterocycles. The van der Waals surface area contributed by atoms with E-state index in [1.54, 1.807) is 0 Å². The minimum Gasteiger partial charge on any atom is -0.271 e. The van der Waals surface area contributed by atoms with E-state index in [9.17, 15) is 14.0 Å². The summed E-state index contributed by atoms with van der Waals surface area (Å²) in [5.74, 6) is -1.29. The first-order valence-electron chi connectivity index (χ1n) is 7.88. The van der Waals surface area contributed by atoms with Gasteiger partial charge in [0.1, 0.15) is 5.82 Å². The van der Waals surface area contributed by atoms with E-state index in [4.69, 9.17) is 0 Å². The molecule has 0 saturated carbocycles. The van der Waals surface area contributed by atoms with Crippen molar-refractivity contribution in [3.8, 4) is 0 Å². The van der Waals surface area contributed by atoms with E-state index >= 15 is 0 Å². The first-order valence-corrected chi connectivity index (χ1v) is 7.88. The van der Waals surface area contributed by atoms with E-state index in [2.05, 4.69) is 10.3 Å². The number of benzene rings is 2. The molecule has 0 N–H and O–H groups in total. The van der Waals surface area contributed by atoms with Gasteiger partial charge in [0, 0.05) is 0 Å². The zero-order chi connectivity index (χ0) is 17.7. The Bertz CT molecular complexity index is 910.